The third-order valence-corrected chi connectivity index (χ3v) is 2.72. The molecular weight excluding hydrogens is 200 g/mol. The SMILES string of the molecule is CCCCC(O)CC.CCCCC(O)CC. The maximum Gasteiger partial charge on any atom is 0.0537 e. The summed E-state index contributed by atoms with van der Waals surface area (Å²) in [5, 5.41) is 18.0. The summed E-state index contributed by atoms with van der Waals surface area (Å²) < 4.78 is 0. The summed E-state index contributed by atoms with van der Waals surface area (Å²) in [5.74, 6) is 0. The number of hydrogen-bond donors (Lipinski definition) is 2. The summed E-state index contributed by atoms with van der Waals surface area (Å²) >= 11 is 0. The van der Waals surface area contributed by atoms with Gasteiger partial charge in [-0.25, -0.2) is 0 Å². The molecule has 0 saturated carbocycles. The largest absolute Gasteiger partial charge is 0.393 e. The normalized spacial score (nSPS) is 13.9. The van der Waals surface area contributed by atoms with Crippen LogP contribution in [0.1, 0.15) is 79.1 Å². The van der Waals surface area contributed by atoms with Gasteiger partial charge in [-0.3, -0.25) is 0 Å². The van der Waals surface area contributed by atoms with Crippen molar-refractivity contribution in [1.82, 2.24) is 0 Å². The Labute approximate surface area is 102 Å². The van der Waals surface area contributed by atoms with Gasteiger partial charge in [0.1, 0.15) is 0 Å². The van der Waals surface area contributed by atoms with Crippen LogP contribution in [-0.2, 0) is 0 Å². The Bertz CT molecular complexity index is 101. The predicted octanol–water partition coefficient (Wildman–Crippen LogP) is 3.90. The van der Waals surface area contributed by atoms with Gasteiger partial charge < -0.3 is 10.2 Å². The molecule has 0 rings (SSSR count). The van der Waals surface area contributed by atoms with E-state index in [0.717, 1.165) is 38.5 Å². The first-order valence-corrected chi connectivity index (χ1v) is 6.98. The Morgan fingerprint density at radius 3 is 1.19 bits per heavy atom. The van der Waals surface area contributed by atoms with Crippen molar-refractivity contribution in [2.75, 3.05) is 0 Å². The summed E-state index contributed by atoms with van der Waals surface area (Å²) in [5.41, 5.74) is 0. The van der Waals surface area contributed by atoms with E-state index in [1.165, 1.54) is 12.8 Å². The minimum absolute atomic E-state index is 0.0463. The highest BCUT2D eigenvalue weighted by Crippen LogP contribution is 2.02. The average Bonchev–Trinajstić information content (AvgIpc) is 2.33. The van der Waals surface area contributed by atoms with Crippen LogP contribution in [0.3, 0.4) is 0 Å². The maximum atomic E-state index is 8.99. The third kappa shape index (κ3) is 16.4. The van der Waals surface area contributed by atoms with Crippen LogP contribution < -0.4 is 0 Å². The Hall–Kier alpha value is -0.0800. The van der Waals surface area contributed by atoms with Crippen LogP contribution in [0.2, 0.25) is 0 Å². The van der Waals surface area contributed by atoms with Crippen molar-refractivity contribution in [3.8, 4) is 0 Å². The molecule has 0 spiro atoms. The molecular formula is C14H32O2. The summed E-state index contributed by atoms with van der Waals surface area (Å²) in [4.78, 5) is 0. The van der Waals surface area contributed by atoms with E-state index in [9.17, 15) is 0 Å². The molecule has 0 aliphatic carbocycles. The first-order valence-electron chi connectivity index (χ1n) is 6.98. The molecule has 2 N–H and O–H groups in total. The highest BCUT2D eigenvalue weighted by molar-refractivity contribution is 4.50. The Morgan fingerprint density at radius 2 is 1.00 bits per heavy atom. The van der Waals surface area contributed by atoms with Crippen LogP contribution in [-0.4, -0.2) is 22.4 Å². The zero-order valence-electron chi connectivity index (χ0n) is 11.7. The van der Waals surface area contributed by atoms with Gasteiger partial charge in [0, 0.05) is 0 Å². The Kier molecular flexibility index (Phi) is 17.1. The van der Waals surface area contributed by atoms with Crippen LogP contribution in [0, 0.1) is 0 Å². The lowest BCUT2D eigenvalue weighted by Gasteiger charge is -2.03. The fourth-order valence-corrected chi connectivity index (χ4v) is 1.29. The fraction of sp³-hybridized carbons (Fsp3) is 1.00. The van der Waals surface area contributed by atoms with Gasteiger partial charge >= 0.3 is 0 Å². The monoisotopic (exact) mass is 232 g/mol. The second-order valence-electron chi connectivity index (χ2n) is 4.41. The van der Waals surface area contributed by atoms with E-state index in [0.29, 0.717) is 0 Å². The molecule has 2 unspecified atom stereocenters. The summed E-state index contributed by atoms with van der Waals surface area (Å²) in [7, 11) is 0. The zero-order valence-corrected chi connectivity index (χ0v) is 11.7. The minimum Gasteiger partial charge on any atom is -0.393 e. The Balaban J connectivity index is 0. The zero-order chi connectivity index (χ0) is 12.8. The van der Waals surface area contributed by atoms with E-state index in [2.05, 4.69) is 13.8 Å². The van der Waals surface area contributed by atoms with E-state index >= 15 is 0 Å². The number of rotatable bonds is 8. The molecule has 0 aliphatic rings. The Morgan fingerprint density at radius 1 is 0.688 bits per heavy atom. The second kappa shape index (κ2) is 14.9. The molecule has 0 radical (unpaired) electrons. The number of hydrogen-bond acceptors (Lipinski definition) is 2. The van der Waals surface area contributed by atoms with Gasteiger partial charge in [0.2, 0.25) is 0 Å². The summed E-state index contributed by atoms with van der Waals surface area (Å²) in [6.45, 7) is 8.31. The van der Waals surface area contributed by atoms with E-state index in [-0.39, 0.29) is 12.2 Å². The molecule has 2 nitrogen and oxygen atoms in total. The number of aliphatic hydroxyl groups excluding tert-OH is 2. The molecule has 0 aromatic rings. The van der Waals surface area contributed by atoms with Crippen molar-refractivity contribution in [2.24, 2.45) is 0 Å². The van der Waals surface area contributed by atoms with Gasteiger partial charge in [-0.05, 0) is 25.7 Å². The highest BCUT2D eigenvalue weighted by Gasteiger charge is 1.97. The summed E-state index contributed by atoms with van der Waals surface area (Å²) in [6.07, 6.45) is 8.38. The van der Waals surface area contributed by atoms with Gasteiger partial charge in [0.15, 0.2) is 0 Å². The van der Waals surface area contributed by atoms with E-state index in [4.69, 9.17) is 10.2 Å². The molecule has 0 aromatic heterocycles. The van der Waals surface area contributed by atoms with Crippen molar-refractivity contribution in [3.63, 3.8) is 0 Å². The molecule has 0 amide bonds. The lowest BCUT2D eigenvalue weighted by Crippen LogP contribution is -2.02. The number of unbranched alkanes of at least 4 members (excludes halogenated alkanes) is 2. The molecule has 0 heterocycles. The standard InChI is InChI=1S/2C7H16O/c2*1-3-5-6-7(8)4-2/h2*7-8H,3-6H2,1-2H3. The van der Waals surface area contributed by atoms with Crippen LogP contribution in [0.4, 0.5) is 0 Å². The van der Waals surface area contributed by atoms with Crippen molar-refractivity contribution in [2.45, 2.75) is 91.3 Å². The highest BCUT2D eigenvalue weighted by atomic mass is 16.3. The van der Waals surface area contributed by atoms with E-state index < -0.39 is 0 Å². The predicted molar refractivity (Wildman–Crippen MR) is 71.6 cm³/mol. The number of aliphatic hydroxyl groups is 2. The molecule has 0 fully saturated rings. The van der Waals surface area contributed by atoms with E-state index in [1.54, 1.807) is 0 Å². The lowest BCUT2D eigenvalue weighted by atomic mass is 10.1. The maximum absolute atomic E-state index is 8.99. The molecule has 0 aromatic carbocycles. The average molecular weight is 232 g/mol. The summed E-state index contributed by atoms with van der Waals surface area (Å²) in [6, 6.07) is 0. The van der Waals surface area contributed by atoms with Crippen LogP contribution in [0.15, 0.2) is 0 Å². The van der Waals surface area contributed by atoms with Gasteiger partial charge in [0.05, 0.1) is 12.2 Å². The van der Waals surface area contributed by atoms with Crippen LogP contribution in [0.25, 0.3) is 0 Å². The lowest BCUT2D eigenvalue weighted by molar-refractivity contribution is 0.157. The minimum atomic E-state index is -0.0463. The topological polar surface area (TPSA) is 40.5 Å². The van der Waals surface area contributed by atoms with Crippen molar-refractivity contribution in [3.05, 3.63) is 0 Å². The van der Waals surface area contributed by atoms with E-state index in [1.807, 2.05) is 13.8 Å². The fourth-order valence-electron chi connectivity index (χ4n) is 1.29. The van der Waals surface area contributed by atoms with Gasteiger partial charge in [-0.15, -0.1) is 0 Å². The van der Waals surface area contributed by atoms with Gasteiger partial charge in [-0.1, -0.05) is 53.4 Å². The van der Waals surface area contributed by atoms with Crippen LogP contribution in [0.5, 0.6) is 0 Å². The van der Waals surface area contributed by atoms with Crippen LogP contribution >= 0.6 is 0 Å². The van der Waals surface area contributed by atoms with Crippen molar-refractivity contribution >= 4 is 0 Å². The first-order chi connectivity index (χ1) is 7.62. The van der Waals surface area contributed by atoms with Gasteiger partial charge in [-0.2, -0.15) is 0 Å². The smallest absolute Gasteiger partial charge is 0.0537 e. The molecule has 16 heavy (non-hydrogen) atoms. The molecule has 0 aliphatic heterocycles. The third-order valence-electron chi connectivity index (χ3n) is 2.72. The molecule has 2 heteroatoms. The molecule has 100 valence electrons. The second-order valence-corrected chi connectivity index (χ2v) is 4.41. The van der Waals surface area contributed by atoms with Gasteiger partial charge in [0.25, 0.3) is 0 Å². The first kappa shape index (κ1) is 18.3. The molecule has 0 saturated heterocycles. The van der Waals surface area contributed by atoms with Crippen molar-refractivity contribution in [1.29, 1.82) is 0 Å². The van der Waals surface area contributed by atoms with Crippen molar-refractivity contribution < 1.29 is 10.2 Å². The molecule has 0 bridgehead atoms. The quantitative estimate of drug-likeness (QED) is 0.666. The molecule has 2 atom stereocenters.